The van der Waals surface area contributed by atoms with Gasteiger partial charge in [0.1, 0.15) is 0 Å². The molecule has 2 unspecified atom stereocenters. The van der Waals surface area contributed by atoms with E-state index >= 15 is 0 Å². The summed E-state index contributed by atoms with van der Waals surface area (Å²) in [4.78, 5) is 2.49. The number of ether oxygens (including phenoxy) is 1. The molecule has 0 radical (unpaired) electrons. The second-order valence-electron chi connectivity index (χ2n) is 6.03. The largest absolute Gasteiger partial charge is 0.377 e. The molecule has 1 N–H and O–H groups in total. The highest BCUT2D eigenvalue weighted by atomic mass is 16.5. The lowest BCUT2D eigenvalue weighted by atomic mass is 10.1. The highest BCUT2D eigenvalue weighted by Gasteiger charge is 2.23. The van der Waals surface area contributed by atoms with Crippen LogP contribution < -0.4 is 5.32 Å². The van der Waals surface area contributed by atoms with Crippen molar-refractivity contribution in [1.82, 2.24) is 10.2 Å². The van der Waals surface area contributed by atoms with Gasteiger partial charge in [-0.05, 0) is 52.1 Å². The van der Waals surface area contributed by atoms with Gasteiger partial charge in [0.25, 0.3) is 0 Å². The van der Waals surface area contributed by atoms with E-state index in [4.69, 9.17) is 4.74 Å². The van der Waals surface area contributed by atoms with Gasteiger partial charge in [-0.1, -0.05) is 13.3 Å². The second-order valence-corrected chi connectivity index (χ2v) is 6.03. The molecule has 3 heteroatoms. The van der Waals surface area contributed by atoms with E-state index < -0.39 is 0 Å². The van der Waals surface area contributed by atoms with Crippen LogP contribution in [0.5, 0.6) is 0 Å². The van der Waals surface area contributed by atoms with Crippen molar-refractivity contribution in [2.45, 2.75) is 70.1 Å². The molecule has 2 rings (SSSR count). The van der Waals surface area contributed by atoms with Gasteiger partial charge in [-0.15, -0.1) is 0 Å². The van der Waals surface area contributed by atoms with Crippen LogP contribution in [-0.2, 0) is 4.74 Å². The summed E-state index contributed by atoms with van der Waals surface area (Å²) in [5.74, 6) is 0. The Hall–Kier alpha value is -0.120. The smallest absolute Gasteiger partial charge is 0.0699 e. The lowest BCUT2D eigenvalue weighted by Gasteiger charge is -2.22. The van der Waals surface area contributed by atoms with Crippen molar-refractivity contribution in [3.05, 3.63) is 0 Å². The van der Waals surface area contributed by atoms with E-state index in [1.54, 1.807) is 0 Å². The first kappa shape index (κ1) is 14.3. The molecule has 1 aliphatic carbocycles. The summed E-state index contributed by atoms with van der Waals surface area (Å²) >= 11 is 0. The lowest BCUT2D eigenvalue weighted by Crippen LogP contribution is -2.32. The molecule has 3 nitrogen and oxygen atoms in total. The van der Waals surface area contributed by atoms with Gasteiger partial charge >= 0.3 is 0 Å². The Balaban J connectivity index is 1.58. The molecule has 0 aromatic rings. The average molecular weight is 254 g/mol. The molecule has 106 valence electrons. The molecule has 2 aliphatic rings. The fourth-order valence-corrected chi connectivity index (χ4v) is 2.87. The first-order chi connectivity index (χ1) is 8.79. The number of nitrogens with zero attached hydrogens (tertiary/aromatic N) is 1. The molecule has 0 spiro atoms. The van der Waals surface area contributed by atoms with E-state index in [-0.39, 0.29) is 0 Å². The predicted molar refractivity (Wildman–Crippen MR) is 75.9 cm³/mol. The van der Waals surface area contributed by atoms with Crippen molar-refractivity contribution in [3.63, 3.8) is 0 Å². The van der Waals surface area contributed by atoms with Gasteiger partial charge in [0.2, 0.25) is 0 Å². The first-order valence-corrected chi connectivity index (χ1v) is 7.84. The third kappa shape index (κ3) is 4.87. The van der Waals surface area contributed by atoms with E-state index in [9.17, 15) is 0 Å². The van der Waals surface area contributed by atoms with Crippen molar-refractivity contribution in [2.24, 2.45) is 0 Å². The number of hydrogen-bond donors (Lipinski definition) is 1. The average Bonchev–Trinajstić information content (AvgIpc) is 3.10. The van der Waals surface area contributed by atoms with Gasteiger partial charge in [-0.2, -0.15) is 0 Å². The maximum atomic E-state index is 6.08. The Kier molecular flexibility index (Phi) is 5.93. The van der Waals surface area contributed by atoms with Gasteiger partial charge in [0, 0.05) is 25.2 Å². The van der Waals surface area contributed by atoms with Gasteiger partial charge in [-0.25, -0.2) is 0 Å². The maximum absolute atomic E-state index is 6.08. The summed E-state index contributed by atoms with van der Waals surface area (Å²) < 4.78 is 6.08. The Labute approximate surface area is 112 Å². The summed E-state index contributed by atoms with van der Waals surface area (Å²) in [5.41, 5.74) is 0. The summed E-state index contributed by atoms with van der Waals surface area (Å²) in [5, 5.41) is 3.59. The normalized spacial score (nSPS) is 26.7. The molecule has 18 heavy (non-hydrogen) atoms. The van der Waals surface area contributed by atoms with Crippen LogP contribution in [-0.4, -0.2) is 49.8 Å². The van der Waals surface area contributed by atoms with Crippen molar-refractivity contribution in [1.29, 1.82) is 0 Å². The SMILES string of the molecule is CCCC(CNC1CC1)OCCC1CCCN1C. The summed E-state index contributed by atoms with van der Waals surface area (Å²) in [7, 11) is 2.25. The van der Waals surface area contributed by atoms with Crippen LogP contribution in [0.2, 0.25) is 0 Å². The van der Waals surface area contributed by atoms with Gasteiger partial charge < -0.3 is 15.0 Å². The molecular formula is C15H30N2O. The van der Waals surface area contributed by atoms with Gasteiger partial charge in [-0.3, -0.25) is 0 Å². The van der Waals surface area contributed by atoms with Crippen molar-refractivity contribution < 1.29 is 4.74 Å². The first-order valence-electron chi connectivity index (χ1n) is 7.84. The van der Waals surface area contributed by atoms with E-state index in [1.165, 1.54) is 51.5 Å². The Morgan fingerprint density at radius 3 is 2.78 bits per heavy atom. The van der Waals surface area contributed by atoms with Crippen molar-refractivity contribution in [2.75, 3.05) is 26.7 Å². The van der Waals surface area contributed by atoms with Crippen LogP contribution in [0.15, 0.2) is 0 Å². The zero-order valence-electron chi connectivity index (χ0n) is 12.2. The highest BCUT2D eigenvalue weighted by molar-refractivity contribution is 4.82. The number of hydrogen-bond acceptors (Lipinski definition) is 3. The minimum absolute atomic E-state index is 0.433. The number of nitrogens with one attached hydrogen (secondary N) is 1. The molecule has 2 fully saturated rings. The van der Waals surface area contributed by atoms with Gasteiger partial charge in [0.05, 0.1) is 6.10 Å². The monoisotopic (exact) mass is 254 g/mol. The Morgan fingerprint density at radius 1 is 1.33 bits per heavy atom. The fourth-order valence-electron chi connectivity index (χ4n) is 2.87. The van der Waals surface area contributed by atoms with Crippen LogP contribution in [0, 0.1) is 0 Å². The van der Waals surface area contributed by atoms with Gasteiger partial charge in [0.15, 0.2) is 0 Å². The Bertz CT molecular complexity index is 231. The van der Waals surface area contributed by atoms with Crippen LogP contribution in [0.1, 0.15) is 51.9 Å². The second kappa shape index (κ2) is 7.46. The third-order valence-electron chi connectivity index (χ3n) is 4.30. The molecule has 0 amide bonds. The third-order valence-corrected chi connectivity index (χ3v) is 4.30. The topological polar surface area (TPSA) is 24.5 Å². The molecule has 1 aliphatic heterocycles. The molecule has 0 aromatic heterocycles. The fraction of sp³-hybridized carbons (Fsp3) is 1.00. The summed E-state index contributed by atoms with van der Waals surface area (Å²) in [6.07, 6.45) is 9.52. The molecule has 1 saturated heterocycles. The zero-order valence-corrected chi connectivity index (χ0v) is 12.2. The molecular weight excluding hydrogens is 224 g/mol. The van der Waals surface area contributed by atoms with Crippen LogP contribution in [0.4, 0.5) is 0 Å². The molecule has 1 heterocycles. The van der Waals surface area contributed by atoms with E-state index in [1.807, 2.05) is 0 Å². The van der Waals surface area contributed by atoms with Crippen molar-refractivity contribution >= 4 is 0 Å². The lowest BCUT2D eigenvalue weighted by molar-refractivity contribution is 0.0365. The minimum atomic E-state index is 0.433. The Morgan fingerprint density at radius 2 is 2.17 bits per heavy atom. The standard InChI is InChI=1S/C15H30N2O/c1-3-5-15(12-16-13-7-8-13)18-11-9-14-6-4-10-17(14)2/h13-16H,3-12H2,1-2H3. The van der Waals surface area contributed by atoms with Crippen LogP contribution in [0.3, 0.4) is 0 Å². The molecule has 0 aromatic carbocycles. The minimum Gasteiger partial charge on any atom is -0.377 e. The predicted octanol–water partition coefficient (Wildman–Crippen LogP) is 2.41. The van der Waals surface area contributed by atoms with Crippen molar-refractivity contribution in [3.8, 4) is 0 Å². The summed E-state index contributed by atoms with van der Waals surface area (Å²) in [6.45, 7) is 5.51. The number of likely N-dealkylation sites (tertiary alicyclic amines) is 1. The summed E-state index contributed by atoms with van der Waals surface area (Å²) in [6, 6.07) is 1.57. The molecule has 2 atom stereocenters. The molecule has 0 bridgehead atoms. The molecule has 1 saturated carbocycles. The van der Waals surface area contributed by atoms with Crippen LogP contribution >= 0.6 is 0 Å². The quantitative estimate of drug-likeness (QED) is 0.684. The maximum Gasteiger partial charge on any atom is 0.0699 e. The van der Waals surface area contributed by atoms with E-state index in [0.717, 1.165) is 25.2 Å². The van der Waals surface area contributed by atoms with E-state index in [0.29, 0.717) is 6.10 Å². The van der Waals surface area contributed by atoms with Crippen LogP contribution in [0.25, 0.3) is 0 Å². The van der Waals surface area contributed by atoms with E-state index in [2.05, 4.69) is 24.2 Å². The highest BCUT2D eigenvalue weighted by Crippen LogP contribution is 2.20. The zero-order chi connectivity index (χ0) is 12.8. The number of rotatable bonds is 9.